The summed E-state index contributed by atoms with van der Waals surface area (Å²) in [5.41, 5.74) is -1.15. The van der Waals surface area contributed by atoms with Crippen molar-refractivity contribution < 1.29 is 37.0 Å². The van der Waals surface area contributed by atoms with Gasteiger partial charge in [-0.25, -0.2) is 14.3 Å². The number of ether oxygens (including phenoxy) is 2. The molecule has 1 atom stereocenters. The van der Waals surface area contributed by atoms with Crippen LogP contribution in [0.15, 0.2) is 66.9 Å². The van der Waals surface area contributed by atoms with Crippen LogP contribution >= 0.6 is 0 Å². The molecule has 2 N–H and O–H groups in total. The Labute approximate surface area is 197 Å². The number of benzene rings is 2. The molecule has 12 heteroatoms. The molecule has 0 radical (unpaired) electrons. The van der Waals surface area contributed by atoms with Crippen LogP contribution in [0.1, 0.15) is 21.6 Å². The van der Waals surface area contributed by atoms with E-state index in [0.29, 0.717) is 11.3 Å². The molecule has 0 aliphatic heterocycles. The van der Waals surface area contributed by atoms with E-state index in [1.54, 1.807) is 48.5 Å². The third-order valence-corrected chi connectivity index (χ3v) is 4.71. The zero-order valence-electron chi connectivity index (χ0n) is 18.4. The minimum absolute atomic E-state index is 0.0828. The summed E-state index contributed by atoms with van der Waals surface area (Å²) in [4.78, 5) is 36.7. The fourth-order valence-electron chi connectivity index (χ4n) is 3.00. The van der Waals surface area contributed by atoms with Gasteiger partial charge >= 0.3 is 18.2 Å². The van der Waals surface area contributed by atoms with E-state index in [0.717, 1.165) is 18.0 Å². The van der Waals surface area contributed by atoms with E-state index in [-0.39, 0.29) is 6.61 Å². The molecule has 0 aliphatic rings. The molecule has 0 fully saturated rings. The molecule has 3 rings (SSSR count). The number of esters is 1. The number of carbonyl (C=O) groups is 3. The van der Waals surface area contributed by atoms with Gasteiger partial charge in [-0.3, -0.25) is 4.79 Å². The topological polar surface area (TPSA) is 112 Å². The number of carbonyl (C=O) groups excluding carboxylic acids is 3. The average Bonchev–Trinajstić information content (AvgIpc) is 3.32. The molecule has 1 unspecified atom stereocenters. The van der Waals surface area contributed by atoms with Crippen LogP contribution in [0.4, 0.5) is 18.0 Å². The van der Waals surface area contributed by atoms with Crippen LogP contribution in [0, 0.1) is 0 Å². The molecule has 0 bridgehead atoms. The molecule has 1 heterocycles. The Balaban J connectivity index is 1.69. The second-order valence-electron chi connectivity index (χ2n) is 7.16. The van der Waals surface area contributed by atoms with Gasteiger partial charge < -0.3 is 20.1 Å². The number of hydrogen-bond donors (Lipinski definition) is 2. The number of alkyl halides is 3. The first-order valence-electron chi connectivity index (χ1n) is 10.2. The highest BCUT2D eigenvalue weighted by molar-refractivity contribution is 5.96. The molecule has 9 nitrogen and oxygen atoms in total. The Morgan fingerprint density at radius 3 is 2.26 bits per heavy atom. The standard InChI is InChI=1S/C23H21F3N4O5/c1-34-21(32)18(28-22(33)35-14-15-8-4-2-5-9-15)12-27-20(31)17-13-30(16-10-6-3-7-11-16)29-19(17)23(24,25)26/h2-11,13,18H,12,14H2,1H3,(H,27,31)(H,28,33). The Morgan fingerprint density at radius 2 is 1.66 bits per heavy atom. The first-order valence-corrected chi connectivity index (χ1v) is 10.2. The average molecular weight is 490 g/mol. The first-order chi connectivity index (χ1) is 16.7. The van der Waals surface area contributed by atoms with Crippen molar-refractivity contribution in [2.45, 2.75) is 18.8 Å². The van der Waals surface area contributed by atoms with E-state index in [1.807, 2.05) is 0 Å². The Bertz CT molecular complexity index is 1170. The largest absolute Gasteiger partial charge is 0.467 e. The molecule has 35 heavy (non-hydrogen) atoms. The predicted octanol–water partition coefficient (Wildman–Crippen LogP) is 3.09. The predicted molar refractivity (Wildman–Crippen MR) is 116 cm³/mol. The van der Waals surface area contributed by atoms with Crippen molar-refractivity contribution in [2.75, 3.05) is 13.7 Å². The number of rotatable bonds is 8. The monoisotopic (exact) mass is 490 g/mol. The van der Waals surface area contributed by atoms with Gasteiger partial charge in [0.15, 0.2) is 5.69 Å². The first kappa shape index (κ1) is 25.3. The van der Waals surface area contributed by atoms with Crippen LogP contribution in [0.5, 0.6) is 0 Å². The van der Waals surface area contributed by atoms with Gasteiger partial charge in [0.1, 0.15) is 12.6 Å². The van der Waals surface area contributed by atoms with Crippen molar-refractivity contribution in [1.82, 2.24) is 20.4 Å². The SMILES string of the molecule is COC(=O)C(CNC(=O)c1cn(-c2ccccc2)nc1C(F)(F)F)NC(=O)OCc1ccccc1. The van der Waals surface area contributed by atoms with Gasteiger partial charge in [0.2, 0.25) is 0 Å². The van der Waals surface area contributed by atoms with E-state index in [4.69, 9.17) is 4.74 Å². The lowest BCUT2D eigenvalue weighted by molar-refractivity contribution is -0.143. The van der Waals surface area contributed by atoms with Crippen LogP contribution < -0.4 is 10.6 Å². The number of nitrogens with one attached hydrogen (secondary N) is 2. The maximum Gasteiger partial charge on any atom is 0.435 e. The molecular weight excluding hydrogens is 469 g/mol. The quantitative estimate of drug-likeness (QED) is 0.470. The molecule has 2 aromatic carbocycles. The van der Waals surface area contributed by atoms with Crippen molar-refractivity contribution in [2.24, 2.45) is 0 Å². The summed E-state index contributed by atoms with van der Waals surface area (Å²) in [6.07, 6.45) is -4.96. The summed E-state index contributed by atoms with van der Waals surface area (Å²) in [7, 11) is 1.06. The van der Waals surface area contributed by atoms with Crippen LogP contribution in [-0.2, 0) is 27.1 Å². The lowest BCUT2D eigenvalue weighted by atomic mass is 10.2. The third-order valence-electron chi connectivity index (χ3n) is 4.71. The molecule has 2 amide bonds. The number of methoxy groups -OCH3 is 1. The lowest BCUT2D eigenvalue weighted by Gasteiger charge is -2.17. The third kappa shape index (κ3) is 6.82. The van der Waals surface area contributed by atoms with Gasteiger partial charge in [0.05, 0.1) is 18.4 Å². The van der Waals surface area contributed by atoms with Crippen LogP contribution in [0.25, 0.3) is 5.69 Å². The maximum atomic E-state index is 13.5. The number of hydrogen-bond acceptors (Lipinski definition) is 6. The van der Waals surface area contributed by atoms with Gasteiger partial charge in [0, 0.05) is 12.7 Å². The summed E-state index contributed by atoms with van der Waals surface area (Å²) in [6, 6.07) is 15.2. The zero-order chi connectivity index (χ0) is 25.4. The van der Waals surface area contributed by atoms with Gasteiger partial charge in [-0.15, -0.1) is 0 Å². The molecular formula is C23H21F3N4O5. The number of aromatic nitrogens is 2. The van der Waals surface area contributed by atoms with Crippen molar-refractivity contribution in [1.29, 1.82) is 0 Å². The Hall–Kier alpha value is -4.35. The van der Waals surface area contributed by atoms with E-state index in [9.17, 15) is 27.6 Å². The Kier molecular flexibility index (Phi) is 8.08. The number of amides is 2. The molecule has 3 aromatic rings. The highest BCUT2D eigenvalue weighted by Crippen LogP contribution is 2.31. The maximum absolute atomic E-state index is 13.5. The fraction of sp³-hybridized carbons (Fsp3) is 0.217. The second-order valence-corrected chi connectivity index (χ2v) is 7.16. The molecule has 184 valence electrons. The molecule has 0 saturated carbocycles. The second kappa shape index (κ2) is 11.2. The summed E-state index contributed by atoms with van der Waals surface area (Å²) < 4.78 is 51.1. The van der Waals surface area contributed by atoms with Crippen molar-refractivity contribution in [3.05, 3.63) is 83.7 Å². The molecule has 0 saturated heterocycles. The highest BCUT2D eigenvalue weighted by atomic mass is 19.4. The minimum atomic E-state index is -4.91. The number of alkyl carbamates (subject to hydrolysis) is 1. The van der Waals surface area contributed by atoms with Crippen molar-refractivity contribution in [3.63, 3.8) is 0 Å². The fourth-order valence-corrected chi connectivity index (χ4v) is 3.00. The van der Waals surface area contributed by atoms with Crippen LogP contribution in [0.2, 0.25) is 0 Å². The lowest BCUT2D eigenvalue weighted by Crippen LogP contribution is -2.49. The zero-order valence-corrected chi connectivity index (χ0v) is 18.4. The number of para-hydroxylation sites is 1. The Morgan fingerprint density at radius 1 is 1.03 bits per heavy atom. The number of nitrogens with zero attached hydrogens (tertiary/aromatic N) is 2. The van der Waals surface area contributed by atoms with Gasteiger partial charge in [0.25, 0.3) is 5.91 Å². The van der Waals surface area contributed by atoms with Gasteiger partial charge in [-0.2, -0.15) is 18.3 Å². The van der Waals surface area contributed by atoms with E-state index < -0.39 is 48.0 Å². The van der Waals surface area contributed by atoms with Crippen molar-refractivity contribution >= 4 is 18.0 Å². The van der Waals surface area contributed by atoms with E-state index in [1.165, 1.54) is 12.1 Å². The molecule has 0 spiro atoms. The van der Waals surface area contributed by atoms with Crippen LogP contribution in [-0.4, -0.2) is 47.4 Å². The molecule has 0 aliphatic carbocycles. The smallest absolute Gasteiger partial charge is 0.435 e. The van der Waals surface area contributed by atoms with Crippen molar-refractivity contribution in [3.8, 4) is 5.69 Å². The number of halogens is 3. The van der Waals surface area contributed by atoms with E-state index >= 15 is 0 Å². The summed E-state index contributed by atoms with van der Waals surface area (Å²) in [6.45, 7) is -0.639. The van der Waals surface area contributed by atoms with Gasteiger partial charge in [-0.1, -0.05) is 48.5 Å². The summed E-state index contributed by atoms with van der Waals surface area (Å²) >= 11 is 0. The highest BCUT2D eigenvalue weighted by Gasteiger charge is 2.39. The summed E-state index contributed by atoms with van der Waals surface area (Å²) in [5, 5.41) is 7.94. The summed E-state index contributed by atoms with van der Waals surface area (Å²) in [5.74, 6) is -2.08. The van der Waals surface area contributed by atoms with Crippen LogP contribution in [0.3, 0.4) is 0 Å². The normalized spacial score (nSPS) is 11.9. The molecule has 1 aromatic heterocycles. The van der Waals surface area contributed by atoms with E-state index in [2.05, 4.69) is 20.5 Å². The van der Waals surface area contributed by atoms with Gasteiger partial charge in [-0.05, 0) is 17.7 Å². The minimum Gasteiger partial charge on any atom is -0.467 e.